The van der Waals surface area contributed by atoms with E-state index in [9.17, 15) is 21.6 Å². The van der Waals surface area contributed by atoms with Crippen LogP contribution in [0, 0.1) is 0 Å². The van der Waals surface area contributed by atoms with Gasteiger partial charge in [-0.25, -0.2) is 23.2 Å². The first-order valence-electron chi connectivity index (χ1n) is 6.43. The average Bonchev–Trinajstić information content (AvgIpc) is 2.86. The number of fused-ring (bicyclic) bond motifs is 1. The molecule has 1 aliphatic heterocycles. The molecule has 0 aliphatic carbocycles. The zero-order chi connectivity index (χ0) is 16.8. The van der Waals surface area contributed by atoms with E-state index >= 15 is 0 Å². The molecule has 124 valence electrons. The maximum atomic E-state index is 13.1. The number of hydrogen-bond acceptors (Lipinski definition) is 5. The fourth-order valence-corrected chi connectivity index (χ4v) is 2.78. The lowest BCUT2D eigenvalue weighted by atomic mass is 10.1. The van der Waals surface area contributed by atoms with E-state index in [0.29, 0.717) is 5.69 Å². The lowest BCUT2D eigenvalue weighted by molar-refractivity contribution is -0.142. The summed E-state index contributed by atoms with van der Waals surface area (Å²) in [6.45, 7) is 0.0880. The Morgan fingerprint density at radius 3 is 2.61 bits per heavy atom. The number of primary sulfonamides is 1. The van der Waals surface area contributed by atoms with Crippen LogP contribution in [0.2, 0.25) is 0 Å². The van der Waals surface area contributed by atoms with Crippen molar-refractivity contribution in [3.05, 3.63) is 35.3 Å². The van der Waals surface area contributed by atoms with Crippen LogP contribution in [-0.4, -0.2) is 29.8 Å². The van der Waals surface area contributed by atoms with Crippen LogP contribution in [0.3, 0.4) is 0 Å². The third kappa shape index (κ3) is 2.94. The number of alkyl halides is 3. The quantitative estimate of drug-likeness (QED) is 0.873. The summed E-state index contributed by atoms with van der Waals surface area (Å²) in [6, 6.07) is 2.42. The van der Waals surface area contributed by atoms with Crippen molar-refractivity contribution in [2.24, 2.45) is 5.14 Å². The van der Waals surface area contributed by atoms with Gasteiger partial charge in [-0.05, 0) is 12.1 Å². The standard InChI is InChI=1S/C12H11F3N4O3S/c13-12(14,15)11-8-6-22-4-3-9(8)19(18-11)10-2-1-7(5-17-10)23(16,20)21/h1-2,5H,3-4,6H2,(H2,16,20,21). The second-order valence-electron chi connectivity index (χ2n) is 4.88. The molecule has 0 radical (unpaired) electrons. The molecular weight excluding hydrogens is 337 g/mol. The van der Waals surface area contributed by atoms with Gasteiger partial charge in [0.15, 0.2) is 11.5 Å². The van der Waals surface area contributed by atoms with Crippen molar-refractivity contribution >= 4 is 10.0 Å². The van der Waals surface area contributed by atoms with Gasteiger partial charge in [0.1, 0.15) is 4.90 Å². The third-order valence-electron chi connectivity index (χ3n) is 3.35. The molecule has 0 saturated heterocycles. The average molecular weight is 348 g/mol. The predicted octanol–water partition coefficient (Wildman–Crippen LogP) is 1.01. The van der Waals surface area contributed by atoms with Crippen molar-refractivity contribution in [1.82, 2.24) is 14.8 Å². The van der Waals surface area contributed by atoms with Gasteiger partial charge in [0, 0.05) is 18.2 Å². The summed E-state index contributed by atoms with van der Waals surface area (Å²) < 4.78 is 67.8. The van der Waals surface area contributed by atoms with Gasteiger partial charge < -0.3 is 4.74 Å². The summed E-state index contributed by atoms with van der Waals surface area (Å²) in [5.41, 5.74) is -0.704. The van der Waals surface area contributed by atoms with Crippen molar-refractivity contribution in [3.8, 4) is 5.82 Å². The molecule has 7 nitrogen and oxygen atoms in total. The highest BCUT2D eigenvalue weighted by atomic mass is 32.2. The largest absolute Gasteiger partial charge is 0.435 e. The topological polar surface area (TPSA) is 100 Å². The van der Waals surface area contributed by atoms with E-state index in [1.165, 1.54) is 12.1 Å². The molecule has 23 heavy (non-hydrogen) atoms. The van der Waals surface area contributed by atoms with E-state index in [1.54, 1.807) is 0 Å². The number of aromatic nitrogens is 3. The number of nitrogens with zero attached hydrogens (tertiary/aromatic N) is 3. The second-order valence-corrected chi connectivity index (χ2v) is 6.44. The van der Waals surface area contributed by atoms with Gasteiger partial charge in [0.2, 0.25) is 10.0 Å². The number of pyridine rings is 1. The highest BCUT2D eigenvalue weighted by Crippen LogP contribution is 2.35. The molecule has 3 rings (SSSR count). The van der Waals surface area contributed by atoms with Gasteiger partial charge in [-0.1, -0.05) is 0 Å². The molecular formula is C12H11F3N4O3S. The monoisotopic (exact) mass is 348 g/mol. The number of halogens is 3. The van der Waals surface area contributed by atoms with Crippen LogP contribution < -0.4 is 5.14 Å². The van der Waals surface area contributed by atoms with Gasteiger partial charge in [-0.15, -0.1) is 0 Å². The Bertz CT molecular complexity index is 844. The number of rotatable bonds is 2. The lowest BCUT2D eigenvalue weighted by Crippen LogP contribution is -2.15. The van der Waals surface area contributed by atoms with E-state index in [0.717, 1.165) is 10.9 Å². The molecule has 1 aliphatic rings. The SMILES string of the molecule is NS(=O)(=O)c1ccc(-n2nc(C(F)(F)F)c3c2CCOC3)nc1. The summed E-state index contributed by atoms with van der Waals surface area (Å²) in [5.74, 6) is 0.0750. The normalized spacial score (nSPS) is 15.5. The fourth-order valence-electron chi connectivity index (χ4n) is 2.32. The summed E-state index contributed by atoms with van der Waals surface area (Å²) >= 11 is 0. The molecule has 0 fully saturated rings. The molecule has 2 N–H and O–H groups in total. The summed E-state index contributed by atoms with van der Waals surface area (Å²) in [5, 5.41) is 8.56. The molecule has 0 atom stereocenters. The maximum Gasteiger partial charge on any atom is 0.435 e. The van der Waals surface area contributed by atoms with Crippen LogP contribution >= 0.6 is 0 Å². The Morgan fingerprint density at radius 2 is 2.04 bits per heavy atom. The van der Waals surface area contributed by atoms with Crippen LogP contribution in [-0.2, 0) is 34.0 Å². The van der Waals surface area contributed by atoms with Crippen LogP contribution in [0.25, 0.3) is 5.82 Å². The first kappa shape index (κ1) is 15.9. The number of sulfonamides is 1. The van der Waals surface area contributed by atoms with Gasteiger partial charge in [0.05, 0.1) is 18.9 Å². The van der Waals surface area contributed by atoms with Crippen LogP contribution in [0.4, 0.5) is 13.2 Å². The zero-order valence-electron chi connectivity index (χ0n) is 11.5. The Labute approximate surface area is 128 Å². The van der Waals surface area contributed by atoms with E-state index in [4.69, 9.17) is 9.88 Å². The smallest absolute Gasteiger partial charge is 0.376 e. The zero-order valence-corrected chi connectivity index (χ0v) is 12.4. The molecule has 11 heteroatoms. The third-order valence-corrected chi connectivity index (χ3v) is 4.25. The Kier molecular flexibility index (Phi) is 3.65. The van der Waals surface area contributed by atoms with E-state index in [1.807, 2.05) is 0 Å². The molecule has 0 unspecified atom stereocenters. The van der Waals surface area contributed by atoms with Crippen molar-refractivity contribution < 1.29 is 26.3 Å². The van der Waals surface area contributed by atoms with Crippen molar-refractivity contribution in [3.63, 3.8) is 0 Å². The summed E-state index contributed by atoms with van der Waals surface area (Å²) in [7, 11) is -3.93. The first-order chi connectivity index (χ1) is 10.7. The number of ether oxygens (including phenoxy) is 1. The van der Waals surface area contributed by atoms with Crippen molar-refractivity contribution in [2.45, 2.75) is 24.1 Å². The van der Waals surface area contributed by atoms with Crippen molar-refractivity contribution in [2.75, 3.05) is 6.61 Å². The molecule has 0 spiro atoms. The Balaban J connectivity index is 2.12. The molecule has 3 heterocycles. The summed E-state index contributed by atoms with van der Waals surface area (Å²) in [4.78, 5) is 3.62. The molecule has 0 bridgehead atoms. The van der Waals surface area contributed by atoms with Crippen LogP contribution in [0.5, 0.6) is 0 Å². The molecule has 0 aromatic carbocycles. The van der Waals surface area contributed by atoms with Crippen molar-refractivity contribution in [1.29, 1.82) is 0 Å². The Morgan fingerprint density at radius 1 is 1.30 bits per heavy atom. The first-order valence-corrected chi connectivity index (χ1v) is 7.97. The second kappa shape index (κ2) is 5.28. The van der Waals surface area contributed by atoms with Gasteiger partial charge >= 0.3 is 6.18 Å². The highest BCUT2D eigenvalue weighted by Gasteiger charge is 2.40. The van der Waals surface area contributed by atoms with Gasteiger partial charge in [-0.3, -0.25) is 0 Å². The van der Waals surface area contributed by atoms with Crippen LogP contribution in [0.15, 0.2) is 23.2 Å². The van der Waals surface area contributed by atoms with E-state index in [-0.39, 0.29) is 35.9 Å². The van der Waals surface area contributed by atoms with Crippen LogP contribution in [0.1, 0.15) is 17.0 Å². The molecule has 0 amide bonds. The number of hydrogen-bond donors (Lipinski definition) is 1. The van der Waals surface area contributed by atoms with E-state index < -0.39 is 21.9 Å². The minimum Gasteiger partial charge on any atom is -0.376 e. The predicted molar refractivity (Wildman–Crippen MR) is 71.1 cm³/mol. The molecule has 0 saturated carbocycles. The highest BCUT2D eigenvalue weighted by molar-refractivity contribution is 7.89. The maximum absolute atomic E-state index is 13.1. The Hall–Kier alpha value is -1.98. The number of nitrogens with two attached hydrogens (primary N) is 1. The molecule has 2 aromatic heterocycles. The van der Waals surface area contributed by atoms with E-state index in [2.05, 4.69) is 10.1 Å². The minimum atomic E-state index is -4.61. The summed E-state index contributed by atoms with van der Waals surface area (Å²) in [6.07, 6.45) is -3.39. The lowest BCUT2D eigenvalue weighted by Gasteiger charge is -2.15. The minimum absolute atomic E-state index is 0.0268. The molecule has 2 aromatic rings. The van der Waals surface area contributed by atoms with Gasteiger partial charge in [0.25, 0.3) is 0 Å². The fraction of sp³-hybridized carbons (Fsp3) is 0.333. The van der Waals surface area contributed by atoms with Gasteiger partial charge in [-0.2, -0.15) is 18.3 Å².